The molecule has 2 amide bonds. The summed E-state index contributed by atoms with van der Waals surface area (Å²) in [6.45, 7) is 1.49. The van der Waals surface area contributed by atoms with Crippen LogP contribution < -0.4 is 16.0 Å². The second-order valence-electron chi connectivity index (χ2n) is 4.79. The molecule has 0 bridgehead atoms. The van der Waals surface area contributed by atoms with Crippen molar-refractivity contribution in [1.29, 1.82) is 0 Å². The van der Waals surface area contributed by atoms with Gasteiger partial charge in [0.25, 0.3) is 0 Å². The molecule has 0 aromatic heterocycles. The lowest BCUT2D eigenvalue weighted by molar-refractivity contribution is -0.115. The molecule has 0 aliphatic carbocycles. The maximum Gasteiger partial charge on any atom is 0.243 e. The lowest BCUT2D eigenvalue weighted by atomic mass is 10.2. The highest BCUT2D eigenvalue weighted by molar-refractivity contribution is 6.42. The van der Waals surface area contributed by atoms with Gasteiger partial charge >= 0.3 is 0 Å². The fourth-order valence-electron chi connectivity index (χ4n) is 1.87. The molecule has 0 radical (unpaired) electrons. The molecule has 0 spiro atoms. The van der Waals surface area contributed by atoms with Gasteiger partial charge in [0.2, 0.25) is 11.8 Å². The van der Waals surface area contributed by atoms with Crippen LogP contribution in [0.25, 0.3) is 0 Å². The van der Waals surface area contributed by atoms with Crippen LogP contribution in [0.5, 0.6) is 0 Å². The third-order valence-electron chi connectivity index (χ3n) is 2.84. The molecule has 7 heteroatoms. The number of amides is 2. The first kappa shape index (κ1) is 17.1. The highest BCUT2D eigenvalue weighted by Crippen LogP contribution is 2.24. The van der Waals surface area contributed by atoms with Gasteiger partial charge in [0.05, 0.1) is 16.6 Å². The molecule has 2 aromatic carbocycles. The highest BCUT2D eigenvalue weighted by atomic mass is 35.5. The Bertz CT molecular complexity index is 735. The first-order valence-electron chi connectivity index (χ1n) is 6.80. The van der Waals surface area contributed by atoms with E-state index in [0.29, 0.717) is 27.1 Å². The molecule has 23 heavy (non-hydrogen) atoms. The summed E-state index contributed by atoms with van der Waals surface area (Å²) in [6.07, 6.45) is 0. The van der Waals surface area contributed by atoms with Crippen molar-refractivity contribution in [2.75, 3.05) is 22.5 Å². The van der Waals surface area contributed by atoms with E-state index >= 15 is 0 Å². The first-order chi connectivity index (χ1) is 10.9. The van der Waals surface area contributed by atoms with Gasteiger partial charge in [0, 0.05) is 24.0 Å². The van der Waals surface area contributed by atoms with Gasteiger partial charge < -0.3 is 16.0 Å². The van der Waals surface area contributed by atoms with Crippen molar-refractivity contribution in [3.8, 4) is 0 Å². The summed E-state index contributed by atoms with van der Waals surface area (Å²) in [5.74, 6) is -0.397. The molecule has 0 unspecified atom stereocenters. The van der Waals surface area contributed by atoms with Gasteiger partial charge in [-0.3, -0.25) is 9.59 Å². The smallest absolute Gasteiger partial charge is 0.243 e. The normalized spacial score (nSPS) is 10.0. The Morgan fingerprint density at radius 1 is 0.913 bits per heavy atom. The predicted octanol–water partition coefficient (Wildman–Crippen LogP) is 4.00. The Hall–Kier alpha value is -2.24. The van der Waals surface area contributed by atoms with Crippen LogP contribution in [0.1, 0.15) is 6.92 Å². The fraction of sp³-hybridized carbons (Fsp3) is 0.125. The molecule has 3 N–H and O–H groups in total. The highest BCUT2D eigenvalue weighted by Gasteiger charge is 2.05. The minimum atomic E-state index is -0.226. The Morgan fingerprint density at radius 2 is 1.61 bits per heavy atom. The topological polar surface area (TPSA) is 70.2 Å². The van der Waals surface area contributed by atoms with Crippen molar-refractivity contribution in [2.45, 2.75) is 6.92 Å². The van der Waals surface area contributed by atoms with Crippen molar-refractivity contribution < 1.29 is 9.59 Å². The van der Waals surface area contributed by atoms with E-state index in [9.17, 15) is 9.59 Å². The number of anilines is 3. The van der Waals surface area contributed by atoms with Crippen LogP contribution in [0.15, 0.2) is 42.5 Å². The van der Waals surface area contributed by atoms with Crippen molar-refractivity contribution in [1.82, 2.24) is 0 Å². The van der Waals surface area contributed by atoms with Crippen LogP contribution in [-0.4, -0.2) is 18.4 Å². The third-order valence-corrected chi connectivity index (χ3v) is 3.58. The number of hydrogen-bond acceptors (Lipinski definition) is 3. The first-order valence-corrected chi connectivity index (χ1v) is 7.56. The zero-order valence-electron chi connectivity index (χ0n) is 12.3. The van der Waals surface area contributed by atoms with Crippen LogP contribution in [0, 0.1) is 0 Å². The van der Waals surface area contributed by atoms with E-state index in [1.807, 2.05) is 0 Å². The van der Waals surface area contributed by atoms with Crippen molar-refractivity contribution in [3.05, 3.63) is 52.5 Å². The van der Waals surface area contributed by atoms with Crippen molar-refractivity contribution >= 4 is 52.1 Å². The zero-order chi connectivity index (χ0) is 16.8. The van der Waals surface area contributed by atoms with E-state index in [0.717, 1.165) is 0 Å². The van der Waals surface area contributed by atoms with Gasteiger partial charge in [-0.05, 0) is 36.4 Å². The molecule has 0 saturated heterocycles. The SMILES string of the molecule is CC(=O)Nc1cccc(NC(=O)CNc2ccc(Cl)c(Cl)c2)c1. The molecule has 0 heterocycles. The summed E-state index contributed by atoms with van der Waals surface area (Å²) in [6, 6.07) is 11.9. The molecular weight excluding hydrogens is 337 g/mol. The maximum atomic E-state index is 12.0. The van der Waals surface area contributed by atoms with E-state index in [1.165, 1.54) is 6.92 Å². The Balaban J connectivity index is 1.91. The Labute approximate surface area is 144 Å². The fourth-order valence-corrected chi connectivity index (χ4v) is 2.17. The molecule has 0 aliphatic rings. The van der Waals surface area contributed by atoms with Gasteiger partial charge in [0.1, 0.15) is 0 Å². The Morgan fingerprint density at radius 3 is 2.26 bits per heavy atom. The molecule has 0 aliphatic heterocycles. The number of rotatable bonds is 5. The molecule has 5 nitrogen and oxygen atoms in total. The van der Waals surface area contributed by atoms with Gasteiger partial charge in [-0.2, -0.15) is 0 Å². The second kappa shape index (κ2) is 7.85. The summed E-state index contributed by atoms with van der Waals surface area (Å²) in [5.41, 5.74) is 1.91. The number of carbonyl (C=O) groups excluding carboxylic acids is 2. The molecule has 0 fully saturated rings. The van der Waals surface area contributed by atoms with Crippen molar-refractivity contribution in [3.63, 3.8) is 0 Å². The molecule has 120 valence electrons. The van der Waals surface area contributed by atoms with Crippen LogP contribution in [0.4, 0.5) is 17.1 Å². The number of nitrogens with one attached hydrogen (secondary N) is 3. The lowest BCUT2D eigenvalue weighted by Crippen LogP contribution is -2.21. The summed E-state index contributed by atoms with van der Waals surface area (Å²) in [4.78, 5) is 23.0. The molecule has 0 atom stereocenters. The molecule has 2 aromatic rings. The van der Waals surface area contributed by atoms with Crippen molar-refractivity contribution in [2.24, 2.45) is 0 Å². The number of hydrogen-bond donors (Lipinski definition) is 3. The summed E-state index contributed by atoms with van der Waals surface area (Å²) in [5, 5.41) is 9.22. The van der Waals surface area contributed by atoms with Gasteiger partial charge in [-0.1, -0.05) is 29.3 Å². The summed E-state index contributed by atoms with van der Waals surface area (Å²) < 4.78 is 0. The number of halogens is 2. The molecule has 0 saturated carbocycles. The van der Waals surface area contributed by atoms with E-state index in [1.54, 1.807) is 42.5 Å². The number of benzene rings is 2. The van der Waals surface area contributed by atoms with Gasteiger partial charge in [-0.25, -0.2) is 0 Å². The standard InChI is InChI=1S/C16H15Cl2N3O2/c1-10(22)20-12-3-2-4-13(7-12)21-16(23)9-19-11-5-6-14(17)15(18)8-11/h2-8,19H,9H2,1H3,(H,20,22)(H,21,23). The minimum Gasteiger partial charge on any atom is -0.376 e. The van der Waals surface area contributed by atoms with E-state index in [4.69, 9.17) is 23.2 Å². The van der Waals surface area contributed by atoms with Crippen LogP contribution >= 0.6 is 23.2 Å². The predicted molar refractivity (Wildman–Crippen MR) is 94.3 cm³/mol. The number of carbonyl (C=O) groups is 2. The zero-order valence-corrected chi connectivity index (χ0v) is 13.8. The minimum absolute atomic E-state index is 0.0718. The monoisotopic (exact) mass is 351 g/mol. The van der Waals surface area contributed by atoms with Gasteiger partial charge in [-0.15, -0.1) is 0 Å². The Kier molecular flexibility index (Phi) is 5.84. The average Bonchev–Trinajstić information content (AvgIpc) is 2.48. The average molecular weight is 352 g/mol. The van der Waals surface area contributed by atoms with Crippen LogP contribution in [0.2, 0.25) is 10.0 Å². The largest absolute Gasteiger partial charge is 0.376 e. The molecule has 2 rings (SSSR count). The quantitative estimate of drug-likeness (QED) is 0.762. The third kappa shape index (κ3) is 5.47. The summed E-state index contributed by atoms with van der Waals surface area (Å²) >= 11 is 11.7. The lowest BCUT2D eigenvalue weighted by Gasteiger charge is -2.10. The maximum absolute atomic E-state index is 12.0. The van der Waals surface area contributed by atoms with Crippen LogP contribution in [-0.2, 0) is 9.59 Å². The second-order valence-corrected chi connectivity index (χ2v) is 5.61. The van der Waals surface area contributed by atoms with Gasteiger partial charge in [0.15, 0.2) is 0 Å². The van der Waals surface area contributed by atoms with E-state index in [2.05, 4.69) is 16.0 Å². The van der Waals surface area contributed by atoms with E-state index < -0.39 is 0 Å². The van der Waals surface area contributed by atoms with E-state index in [-0.39, 0.29) is 18.4 Å². The van der Waals surface area contributed by atoms with Crippen LogP contribution in [0.3, 0.4) is 0 Å². The summed E-state index contributed by atoms with van der Waals surface area (Å²) in [7, 11) is 0. The molecular formula is C16H15Cl2N3O2.